The molecule has 3 aromatic rings. The monoisotopic (exact) mass is 471 g/mol. The van der Waals surface area contributed by atoms with Crippen molar-refractivity contribution in [2.24, 2.45) is 0 Å². The minimum atomic E-state index is -0.867. The average Bonchev–Trinajstić information content (AvgIpc) is 3.35. The zero-order chi connectivity index (χ0) is 24.8. The van der Waals surface area contributed by atoms with Crippen molar-refractivity contribution in [2.45, 2.75) is 32.2 Å². The zero-order valence-corrected chi connectivity index (χ0v) is 19.9. The van der Waals surface area contributed by atoms with Crippen LogP contribution in [0.4, 0.5) is 0 Å². The van der Waals surface area contributed by atoms with Gasteiger partial charge in [-0.1, -0.05) is 0 Å². The Morgan fingerprint density at radius 1 is 1.09 bits per heavy atom. The SMILES string of the molecule is COC(=O)C[C@@H](c1cc(OC)c(OC)cc1OC)c1c(O)cc(C)n(CCc2cnc[nH]2)c1=O. The van der Waals surface area contributed by atoms with Crippen molar-refractivity contribution in [1.82, 2.24) is 14.5 Å². The number of aromatic amines is 1. The maximum absolute atomic E-state index is 13.7. The summed E-state index contributed by atoms with van der Waals surface area (Å²) in [5, 5.41) is 10.9. The van der Waals surface area contributed by atoms with Crippen LogP contribution in [0, 0.1) is 6.92 Å². The van der Waals surface area contributed by atoms with Gasteiger partial charge in [0.25, 0.3) is 5.56 Å². The minimum absolute atomic E-state index is 0.0612. The molecule has 34 heavy (non-hydrogen) atoms. The lowest BCUT2D eigenvalue weighted by Gasteiger charge is -2.23. The quantitative estimate of drug-likeness (QED) is 0.432. The molecule has 0 saturated heterocycles. The van der Waals surface area contributed by atoms with Crippen LogP contribution in [0.5, 0.6) is 23.0 Å². The molecular weight excluding hydrogens is 442 g/mol. The van der Waals surface area contributed by atoms with Crippen molar-refractivity contribution in [3.05, 3.63) is 63.6 Å². The van der Waals surface area contributed by atoms with Crippen LogP contribution < -0.4 is 19.8 Å². The largest absolute Gasteiger partial charge is 0.507 e. The summed E-state index contributed by atoms with van der Waals surface area (Å²) in [5.41, 5.74) is 1.58. The number of aromatic nitrogens is 3. The molecule has 10 heteroatoms. The van der Waals surface area contributed by atoms with Crippen LogP contribution in [0.2, 0.25) is 0 Å². The number of nitrogens with one attached hydrogen (secondary N) is 1. The van der Waals surface area contributed by atoms with Crippen LogP contribution >= 0.6 is 0 Å². The van der Waals surface area contributed by atoms with Crippen LogP contribution in [0.1, 0.15) is 34.9 Å². The first-order valence-corrected chi connectivity index (χ1v) is 10.6. The smallest absolute Gasteiger partial charge is 0.306 e. The highest BCUT2D eigenvalue weighted by molar-refractivity contribution is 5.72. The Hall–Kier alpha value is -3.95. The van der Waals surface area contributed by atoms with E-state index in [1.165, 1.54) is 34.5 Å². The molecule has 0 aliphatic heterocycles. The number of rotatable bonds is 10. The minimum Gasteiger partial charge on any atom is -0.507 e. The average molecular weight is 472 g/mol. The van der Waals surface area contributed by atoms with Gasteiger partial charge in [-0.25, -0.2) is 4.98 Å². The first-order chi connectivity index (χ1) is 16.3. The number of nitrogens with zero attached hydrogens (tertiary/aromatic N) is 2. The summed E-state index contributed by atoms with van der Waals surface area (Å²) >= 11 is 0. The Bertz CT molecular complexity index is 1200. The summed E-state index contributed by atoms with van der Waals surface area (Å²) in [7, 11) is 5.71. The topological polar surface area (TPSA) is 125 Å². The normalized spacial score (nSPS) is 11.7. The van der Waals surface area contributed by atoms with Crippen LogP contribution in [0.15, 0.2) is 35.5 Å². The lowest BCUT2D eigenvalue weighted by Crippen LogP contribution is -2.29. The molecular formula is C24H29N3O7. The number of imidazole rings is 1. The number of carbonyl (C=O) groups is 1. The first kappa shape index (κ1) is 24.7. The van der Waals surface area contributed by atoms with E-state index in [0.29, 0.717) is 41.5 Å². The molecule has 0 bridgehead atoms. The number of benzene rings is 1. The molecule has 0 spiro atoms. The summed E-state index contributed by atoms with van der Waals surface area (Å²) in [6, 6.07) is 4.76. The Morgan fingerprint density at radius 2 is 1.76 bits per heavy atom. The molecule has 3 rings (SSSR count). The van der Waals surface area contributed by atoms with Crippen molar-refractivity contribution < 1.29 is 28.8 Å². The van der Waals surface area contributed by atoms with E-state index >= 15 is 0 Å². The Morgan fingerprint density at radius 3 is 2.35 bits per heavy atom. The molecule has 182 valence electrons. The molecule has 2 heterocycles. The van der Waals surface area contributed by atoms with Gasteiger partial charge in [-0.3, -0.25) is 9.59 Å². The summed E-state index contributed by atoms with van der Waals surface area (Å²) in [6.45, 7) is 2.10. The van der Waals surface area contributed by atoms with E-state index in [2.05, 4.69) is 9.97 Å². The zero-order valence-electron chi connectivity index (χ0n) is 19.9. The van der Waals surface area contributed by atoms with Gasteiger partial charge in [0.2, 0.25) is 0 Å². The summed E-state index contributed by atoms with van der Waals surface area (Å²) in [4.78, 5) is 33.1. The van der Waals surface area contributed by atoms with E-state index < -0.39 is 17.4 Å². The van der Waals surface area contributed by atoms with Gasteiger partial charge in [0.1, 0.15) is 11.5 Å². The van der Waals surface area contributed by atoms with Crippen LogP contribution in [-0.2, 0) is 22.5 Å². The number of hydrogen-bond acceptors (Lipinski definition) is 8. The van der Waals surface area contributed by atoms with E-state index in [1.807, 2.05) is 0 Å². The molecule has 0 fully saturated rings. The second kappa shape index (κ2) is 10.8. The molecule has 1 aromatic carbocycles. The highest BCUT2D eigenvalue weighted by Crippen LogP contribution is 2.42. The van der Waals surface area contributed by atoms with Crippen molar-refractivity contribution >= 4 is 5.97 Å². The van der Waals surface area contributed by atoms with Crippen molar-refractivity contribution in [2.75, 3.05) is 28.4 Å². The van der Waals surface area contributed by atoms with Gasteiger partial charge in [0.05, 0.1) is 46.8 Å². The number of esters is 1. The predicted octanol–water partition coefficient (Wildman–Crippen LogP) is 2.55. The standard InChI is InChI=1S/C24H29N3O7/c1-14-8-18(28)23(24(30)27(14)7-6-15-12-25-13-26-15)17(10-22(29)34-5)16-9-20(32-3)21(33-4)11-19(16)31-2/h8-9,11-13,17,28H,6-7,10H2,1-5H3,(H,25,26)/t17-/m0/s1. The van der Waals surface area contributed by atoms with Crippen molar-refractivity contribution in [3.63, 3.8) is 0 Å². The molecule has 0 unspecified atom stereocenters. The number of aryl methyl sites for hydroxylation is 2. The van der Waals surface area contributed by atoms with Gasteiger partial charge < -0.3 is 33.6 Å². The van der Waals surface area contributed by atoms with Crippen LogP contribution in [0.25, 0.3) is 0 Å². The lowest BCUT2D eigenvalue weighted by molar-refractivity contribution is -0.140. The summed E-state index contributed by atoms with van der Waals surface area (Å²) in [6.07, 6.45) is 3.60. The molecule has 2 aromatic heterocycles. The van der Waals surface area contributed by atoms with Gasteiger partial charge in [0.15, 0.2) is 11.5 Å². The van der Waals surface area contributed by atoms with E-state index in [1.54, 1.807) is 36.1 Å². The van der Waals surface area contributed by atoms with Crippen molar-refractivity contribution in [1.29, 1.82) is 0 Å². The molecule has 10 nitrogen and oxygen atoms in total. The maximum atomic E-state index is 13.7. The fourth-order valence-corrected chi connectivity index (χ4v) is 3.97. The van der Waals surface area contributed by atoms with E-state index in [-0.39, 0.29) is 17.7 Å². The fraction of sp³-hybridized carbons (Fsp3) is 0.375. The summed E-state index contributed by atoms with van der Waals surface area (Å²) < 4.78 is 22.8. The highest BCUT2D eigenvalue weighted by atomic mass is 16.5. The number of ether oxygens (including phenoxy) is 4. The van der Waals surface area contributed by atoms with Gasteiger partial charge in [0, 0.05) is 48.1 Å². The number of aromatic hydroxyl groups is 1. The molecule has 2 N–H and O–H groups in total. The van der Waals surface area contributed by atoms with Gasteiger partial charge >= 0.3 is 5.97 Å². The second-order valence-corrected chi connectivity index (χ2v) is 7.65. The van der Waals surface area contributed by atoms with Crippen molar-refractivity contribution in [3.8, 4) is 23.0 Å². The van der Waals surface area contributed by atoms with Crippen LogP contribution in [0.3, 0.4) is 0 Å². The number of H-pyrrole nitrogens is 1. The number of pyridine rings is 1. The summed E-state index contributed by atoms with van der Waals surface area (Å²) in [5.74, 6) is -0.454. The third kappa shape index (κ3) is 5.00. The number of hydrogen-bond donors (Lipinski definition) is 2. The van der Waals surface area contributed by atoms with Gasteiger partial charge in [-0.2, -0.15) is 0 Å². The van der Waals surface area contributed by atoms with Gasteiger partial charge in [-0.05, 0) is 19.1 Å². The molecule has 1 atom stereocenters. The molecule has 0 amide bonds. The third-order valence-corrected chi connectivity index (χ3v) is 5.74. The predicted molar refractivity (Wildman–Crippen MR) is 124 cm³/mol. The maximum Gasteiger partial charge on any atom is 0.306 e. The Balaban J connectivity index is 2.19. The molecule has 0 aliphatic carbocycles. The Labute approximate surface area is 197 Å². The Kier molecular flexibility index (Phi) is 7.83. The van der Waals surface area contributed by atoms with E-state index in [4.69, 9.17) is 18.9 Å². The van der Waals surface area contributed by atoms with E-state index in [9.17, 15) is 14.7 Å². The van der Waals surface area contributed by atoms with Gasteiger partial charge in [-0.15, -0.1) is 0 Å². The van der Waals surface area contributed by atoms with E-state index in [0.717, 1.165) is 5.69 Å². The second-order valence-electron chi connectivity index (χ2n) is 7.65. The number of methoxy groups -OCH3 is 4. The molecule has 0 aliphatic rings. The molecule has 0 saturated carbocycles. The molecule has 0 radical (unpaired) electrons. The first-order valence-electron chi connectivity index (χ1n) is 10.6. The lowest BCUT2D eigenvalue weighted by atomic mass is 9.87. The third-order valence-electron chi connectivity index (χ3n) is 5.74. The highest BCUT2D eigenvalue weighted by Gasteiger charge is 2.30. The fourth-order valence-electron chi connectivity index (χ4n) is 3.97. The van der Waals surface area contributed by atoms with Crippen LogP contribution in [-0.4, -0.2) is 54.1 Å². The number of carbonyl (C=O) groups excluding carboxylic acids is 1.